The summed E-state index contributed by atoms with van der Waals surface area (Å²) in [5.41, 5.74) is 0.591. The van der Waals surface area contributed by atoms with Gasteiger partial charge in [-0.05, 0) is 63.5 Å². The van der Waals surface area contributed by atoms with E-state index in [4.69, 9.17) is 21.1 Å². The van der Waals surface area contributed by atoms with Crippen molar-refractivity contribution in [1.82, 2.24) is 20.5 Å². The predicted octanol–water partition coefficient (Wildman–Crippen LogP) is 9.67. The highest BCUT2D eigenvalue weighted by Crippen LogP contribution is 2.47. The van der Waals surface area contributed by atoms with Gasteiger partial charge in [-0.2, -0.15) is 0 Å². The van der Waals surface area contributed by atoms with Crippen LogP contribution in [0.5, 0.6) is 5.75 Å². The van der Waals surface area contributed by atoms with E-state index in [1.807, 2.05) is 19.1 Å². The van der Waals surface area contributed by atoms with Crippen molar-refractivity contribution in [2.45, 2.75) is 112 Å². The Kier molecular flexibility index (Phi) is 43.1. The number of halogens is 1. The Hall–Kier alpha value is -3.96. The number of hydrogen-bond donors (Lipinski definition) is 4. The summed E-state index contributed by atoms with van der Waals surface area (Å²) in [7, 11) is 1.78. The van der Waals surface area contributed by atoms with Gasteiger partial charge in [-0.25, -0.2) is 0 Å². The van der Waals surface area contributed by atoms with Crippen molar-refractivity contribution in [2.24, 2.45) is 5.92 Å². The molecule has 4 N–H and O–H groups in total. The van der Waals surface area contributed by atoms with E-state index in [1.54, 1.807) is 62.6 Å². The van der Waals surface area contributed by atoms with Gasteiger partial charge in [0.25, 0.3) is 0 Å². The average Bonchev–Trinajstić information content (AvgIpc) is 3.19. The molecule has 14 heteroatoms. The van der Waals surface area contributed by atoms with E-state index in [0.29, 0.717) is 60.0 Å². The minimum absolute atomic E-state index is 0.0458. The minimum atomic E-state index is -3.32. The first-order chi connectivity index (χ1) is 27.5. The zero-order valence-corrected chi connectivity index (χ0v) is 38.7. The molecule has 0 saturated carbocycles. The van der Waals surface area contributed by atoms with E-state index in [1.165, 1.54) is 18.9 Å². The molecular formula is C44H76ClN4O8P. The van der Waals surface area contributed by atoms with Crippen LogP contribution >= 0.6 is 19.0 Å². The Balaban J connectivity index is -0.000000321. The molecule has 12 nitrogen and oxygen atoms in total. The summed E-state index contributed by atoms with van der Waals surface area (Å²) in [6.07, 6.45) is 17.6. The molecule has 1 aromatic heterocycles. The van der Waals surface area contributed by atoms with Gasteiger partial charge in [0.1, 0.15) is 16.7 Å². The molecule has 2 rings (SSSR count). The summed E-state index contributed by atoms with van der Waals surface area (Å²) < 4.78 is 22.1. The molecule has 1 heterocycles. The van der Waals surface area contributed by atoms with Crippen molar-refractivity contribution in [3.63, 3.8) is 0 Å². The number of ether oxygens (including phenoxy) is 2. The fraction of sp³-hybridized carbons (Fsp3) is 0.545. The molecule has 3 atom stereocenters. The second kappa shape index (κ2) is 41.2. The van der Waals surface area contributed by atoms with Gasteiger partial charge >= 0.3 is 0 Å². The third-order valence-corrected chi connectivity index (χ3v) is 9.91. The highest BCUT2D eigenvalue weighted by Gasteiger charge is 2.28. The largest absolute Gasteiger partial charge is 0.497 e. The Morgan fingerprint density at radius 3 is 2.07 bits per heavy atom. The van der Waals surface area contributed by atoms with E-state index in [-0.39, 0.29) is 24.0 Å². The number of amides is 3. The fourth-order valence-electron chi connectivity index (χ4n) is 4.26. The molecule has 0 radical (unpaired) electrons. The van der Waals surface area contributed by atoms with Gasteiger partial charge in [-0.3, -0.25) is 23.7 Å². The van der Waals surface area contributed by atoms with Gasteiger partial charge in [0.05, 0.1) is 25.3 Å². The molecule has 0 bridgehead atoms. The summed E-state index contributed by atoms with van der Waals surface area (Å²) >= 11 is 5.72. The highest BCUT2D eigenvalue weighted by atomic mass is 35.5. The quantitative estimate of drug-likeness (QED) is 0.0317. The van der Waals surface area contributed by atoms with Crippen LogP contribution in [0, 0.1) is 5.92 Å². The van der Waals surface area contributed by atoms with Crippen LogP contribution in [0.15, 0.2) is 79.2 Å². The number of carbonyl (C=O) groups is 3. The summed E-state index contributed by atoms with van der Waals surface area (Å²) in [4.78, 5) is 57.1. The van der Waals surface area contributed by atoms with E-state index in [0.717, 1.165) is 31.7 Å². The second-order valence-corrected chi connectivity index (χ2v) is 16.3. The van der Waals surface area contributed by atoms with Crippen LogP contribution < -0.4 is 20.8 Å². The maximum Gasteiger partial charge on any atom is 0.241 e. The molecule has 332 valence electrons. The standard InChI is InChI=1S/C11H20NO3P.C10H8ClNO2.C8H16N2O2.C7H16O.C4H10.C4H6/c1-3-5-7-9-16(14,15)11(12-10-13)8-6-4-2;1-14-6-2-3-7-8(4-6)12-10(11)5-9(7)13;1-3-4-5-10(2)8(12)6-9-7-11;1-4-6-7(5-2)8-3;1-4(2)3;1-3-4-2/h3-5,10-11H,2,6-9H2,1H3,(H,12,13)(H,14,15);2-5H,1H3,(H,12,13);7H,3-6H2,1-2H3,(H,9,11);7H,4-6H2,1-3H3;4H,1-3H3;3-4H,1-2H2/b5-3-;;;;;/t11-;;;;;/m1...../s1. The van der Waals surface area contributed by atoms with Crippen molar-refractivity contribution in [3.8, 4) is 5.75 Å². The third kappa shape index (κ3) is 35.2. The van der Waals surface area contributed by atoms with Gasteiger partial charge < -0.3 is 34.9 Å². The number of aromatic amines is 1. The first-order valence-electron chi connectivity index (χ1n) is 19.8. The number of nitrogens with zero attached hydrogens (tertiary/aromatic N) is 1. The number of pyridine rings is 1. The van der Waals surface area contributed by atoms with Gasteiger partial charge in [-0.1, -0.05) is 110 Å². The van der Waals surface area contributed by atoms with Gasteiger partial charge in [0, 0.05) is 44.4 Å². The van der Waals surface area contributed by atoms with Crippen molar-refractivity contribution >= 4 is 48.6 Å². The van der Waals surface area contributed by atoms with Gasteiger partial charge in [0.2, 0.25) is 26.1 Å². The number of methoxy groups -OCH3 is 2. The van der Waals surface area contributed by atoms with Crippen LogP contribution in [0.25, 0.3) is 10.9 Å². The Bertz CT molecular complexity index is 1500. The van der Waals surface area contributed by atoms with Crippen LogP contribution in [0.3, 0.4) is 0 Å². The lowest BCUT2D eigenvalue weighted by atomic mass is 10.2. The normalized spacial score (nSPS) is 11.9. The van der Waals surface area contributed by atoms with Crippen LogP contribution in [0.4, 0.5) is 0 Å². The summed E-state index contributed by atoms with van der Waals surface area (Å²) in [5.74, 6) is 0.819. The van der Waals surface area contributed by atoms with E-state index in [9.17, 15) is 28.6 Å². The molecule has 2 aromatic rings. The zero-order chi connectivity index (χ0) is 45.4. The third-order valence-electron chi connectivity index (χ3n) is 7.42. The fourth-order valence-corrected chi connectivity index (χ4v) is 6.14. The molecule has 58 heavy (non-hydrogen) atoms. The topological polar surface area (TPSA) is 167 Å². The summed E-state index contributed by atoms with van der Waals surface area (Å²) in [6.45, 7) is 25.9. The first-order valence-corrected chi connectivity index (χ1v) is 22.1. The lowest BCUT2D eigenvalue weighted by Crippen LogP contribution is -2.35. The molecule has 0 aliphatic heterocycles. The number of H-pyrrole nitrogens is 1. The predicted molar refractivity (Wildman–Crippen MR) is 246 cm³/mol. The number of unbranched alkanes of at least 4 members (excludes halogenated alkanes) is 1. The summed E-state index contributed by atoms with van der Waals surface area (Å²) in [5, 5.41) is 5.69. The lowest BCUT2D eigenvalue weighted by Gasteiger charge is -2.21. The number of rotatable bonds is 21. The SMILES string of the molecule is C=CC=C.C=CCC[C@H](NC=O)P(=O)(O)CC/C=C\C.CC(C)C.CCCC(CC)OC.CCCCN(C)C(=O)CNC=O.COc1ccc2c(=O)cc(Cl)[nH]c2c1. The van der Waals surface area contributed by atoms with Gasteiger partial charge in [0.15, 0.2) is 5.43 Å². The first kappa shape index (κ1) is 60.7. The van der Waals surface area contributed by atoms with Gasteiger partial charge in [-0.15, -0.1) is 6.58 Å². The Morgan fingerprint density at radius 2 is 1.64 bits per heavy atom. The van der Waals surface area contributed by atoms with Crippen LogP contribution in [0.1, 0.15) is 99.8 Å². The second-order valence-electron chi connectivity index (χ2n) is 13.3. The molecule has 0 saturated heterocycles. The molecule has 0 fully saturated rings. The van der Waals surface area contributed by atoms with Crippen LogP contribution in [-0.2, 0) is 23.7 Å². The van der Waals surface area contributed by atoms with E-state index in [2.05, 4.69) is 76.9 Å². The van der Waals surface area contributed by atoms with Crippen LogP contribution in [-0.4, -0.2) is 85.9 Å². The molecule has 0 aliphatic rings. The zero-order valence-electron chi connectivity index (χ0n) is 37.1. The molecule has 1 aromatic carbocycles. The lowest BCUT2D eigenvalue weighted by molar-refractivity contribution is -0.130. The maximum atomic E-state index is 12.0. The number of aromatic nitrogens is 1. The Morgan fingerprint density at radius 1 is 1.02 bits per heavy atom. The number of allylic oxidation sites excluding steroid dienone is 5. The van der Waals surface area contributed by atoms with Crippen molar-refractivity contribution in [1.29, 1.82) is 0 Å². The number of benzene rings is 1. The number of hydrogen-bond acceptors (Lipinski definition) is 7. The average molecular weight is 856 g/mol. The van der Waals surface area contributed by atoms with E-state index < -0.39 is 13.2 Å². The minimum Gasteiger partial charge on any atom is -0.497 e. The van der Waals surface area contributed by atoms with Crippen molar-refractivity contribution < 1.29 is 33.3 Å². The van der Waals surface area contributed by atoms with E-state index >= 15 is 0 Å². The molecule has 0 spiro atoms. The highest BCUT2D eigenvalue weighted by molar-refractivity contribution is 7.58. The Labute approximate surface area is 355 Å². The summed E-state index contributed by atoms with van der Waals surface area (Å²) in [6, 6.07) is 6.55. The molecule has 3 amide bonds. The number of nitrogens with one attached hydrogen (secondary N) is 3. The molecule has 2 unspecified atom stereocenters. The number of likely N-dealkylation sites (N-methyl/N-ethyl adjacent to an activating group) is 1. The monoisotopic (exact) mass is 855 g/mol. The van der Waals surface area contributed by atoms with Crippen molar-refractivity contribution in [2.75, 3.05) is 40.5 Å². The molecular weight excluding hydrogens is 779 g/mol. The van der Waals surface area contributed by atoms with Crippen LogP contribution in [0.2, 0.25) is 5.15 Å². The number of carbonyl (C=O) groups excluding carboxylic acids is 3. The van der Waals surface area contributed by atoms with Crippen molar-refractivity contribution in [3.05, 3.63) is 89.8 Å². The smallest absolute Gasteiger partial charge is 0.241 e. The number of fused-ring (bicyclic) bond motifs is 1. The maximum absolute atomic E-state index is 12.0. The molecule has 0 aliphatic carbocycles.